The number of amides is 1. The van der Waals surface area contributed by atoms with Crippen LogP contribution in [-0.2, 0) is 16.1 Å². The van der Waals surface area contributed by atoms with Crippen LogP contribution in [0.15, 0.2) is 30.3 Å². The predicted molar refractivity (Wildman–Crippen MR) is 102 cm³/mol. The van der Waals surface area contributed by atoms with Gasteiger partial charge in [-0.15, -0.1) is 12.4 Å². The van der Waals surface area contributed by atoms with Gasteiger partial charge < -0.3 is 15.4 Å². The number of nitrogens with zero attached hydrogens (tertiary/aromatic N) is 2. The molecule has 6 heteroatoms. The van der Waals surface area contributed by atoms with Crippen molar-refractivity contribution in [2.24, 2.45) is 11.7 Å². The maximum Gasteiger partial charge on any atom is 0.241 e. The van der Waals surface area contributed by atoms with Gasteiger partial charge in [-0.25, -0.2) is 0 Å². The number of rotatable bonds is 5. The number of nitrogens with two attached hydrogens (primary N) is 1. The van der Waals surface area contributed by atoms with Gasteiger partial charge in [0.25, 0.3) is 0 Å². The minimum Gasteiger partial charge on any atom is -0.383 e. The lowest BCUT2D eigenvalue weighted by Crippen LogP contribution is -2.57. The second-order valence-electron chi connectivity index (χ2n) is 7.06. The van der Waals surface area contributed by atoms with Gasteiger partial charge in [-0.05, 0) is 37.3 Å². The number of halogens is 1. The molecule has 1 aromatic rings. The number of ether oxygens (including phenoxy) is 1. The molecular formula is C19H30ClN3O2. The van der Waals surface area contributed by atoms with Gasteiger partial charge in [0.2, 0.25) is 5.91 Å². The Morgan fingerprint density at radius 1 is 1.28 bits per heavy atom. The maximum absolute atomic E-state index is 12.4. The number of carbonyl (C=O) groups is 1. The summed E-state index contributed by atoms with van der Waals surface area (Å²) in [4.78, 5) is 17.0. The van der Waals surface area contributed by atoms with Crippen molar-refractivity contribution in [2.45, 2.75) is 37.9 Å². The zero-order chi connectivity index (χ0) is 16.9. The minimum atomic E-state index is -0.532. The normalized spacial score (nSPS) is 25.0. The second kappa shape index (κ2) is 9.53. The Morgan fingerprint density at radius 2 is 2.04 bits per heavy atom. The van der Waals surface area contributed by atoms with Crippen molar-refractivity contribution >= 4 is 18.3 Å². The lowest BCUT2D eigenvalue weighted by molar-refractivity contribution is -0.137. The summed E-state index contributed by atoms with van der Waals surface area (Å²) in [7, 11) is 1.59. The zero-order valence-corrected chi connectivity index (χ0v) is 15.8. The Bertz CT molecular complexity index is 543. The van der Waals surface area contributed by atoms with E-state index in [0.29, 0.717) is 18.6 Å². The van der Waals surface area contributed by atoms with E-state index in [1.807, 2.05) is 4.90 Å². The van der Waals surface area contributed by atoms with Gasteiger partial charge in [-0.2, -0.15) is 0 Å². The Morgan fingerprint density at radius 3 is 2.76 bits per heavy atom. The summed E-state index contributed by atoms with van der Waals surface area (Å²) in [5.41, 5.74) is 7.30. The van der Waals surface area contributed by atoms with E-state index in [9.17, 15) is 4.79 Å². The van der Waals surface area contributed by atoms with Gasteiger partial charge in [0.15, 0.2) is 0 Å². The summed E-state index contributed by atoms with van der Waals surface area (Å²) in [6.07, 6.45) is 3.46. The number of likely N-dealkylation sites (tertiary alicyclic amines) is 2. The van der Waals surface area contributed by atoms with Crippen molar-refractivity contribution < 1.29 is 9.53 Å². The third-order valence-electron chi connectivity index (χ3n) is 5.39. The van der Waals surface area contributed by atoms with Crippen LogP contribution in [0.2, 0.25) is 0 Å². The quantitative estimate of drug-likeness (QED) is 0.863. The molecule has 0 saturated carbocycles. The third kappa shape index (κ3) is 4.94. The molecule has 2 N–H and O–H groups in total. The molecule has 0 aromatic heterocycles. The Kier molecular flexibility index (Phi) is 7.69. The van der Waals surface area contributed by atoms with Gasteiger partial charge in [0.1, 0.15) is 6.04 Å². The highest BCUT2D eigenvalue weighted by molar-refractivity contribution is 5.85. The highest BCUT2D eigenvalue weighted by atomic mass is 35.5. The van der Waals surface area contributed by atoms with Crippen molar-refractivity contribution in [1.82, 2.24) is 9.80 Å². The van der Waals surface area contributed by atoms with Gasteiger partial charge in [-0.3, -0.25) is 9.69 Å². The molecule has 2 heterocycles. The highest BCUT2D eigenvalue weighted by Crippen LogP contribution is 2.31. The molecule has 2 fully saturated rings. The van der Waals surface area contributed by atoms with E-state index in [1.54, 1.807) is 7.11 Å². The summed E-state index contributed by atoms with van der Waals surface area (Å²) < 4.78 is 5.02. The number of fused-ring (bicyclic) bond motifs is 1. The molecule has 3 unspecified atom stereocenters. The molecule has 2 aliphatic rings. The topological polar surface area (TPSA) is 58.8 Å². The molecule has 3 atom stereocenters. The van der Waals surface area contributed by atoms with Crippen LogP contribution in [0.25, 0.3) is 0 Å². The fourth-order valence-corrected chi connectivity index (χ4v) is 4.21. The van der Waals surface area contributed by atoms with E-state index in [0.717, 1.165) is 32.6 Å². The third-order valence-corrected chi connectivity index (χ3v) is 5.39. The summed E-state index contributed by atoms with van der Waals surface area (Å²) in [6.45, 7) is 4.12. The van der Waals surface area contributed by atoms with Gasteiger partial charge in [0, 0.05) is 32.8 Å². The van der Waals surface area contributed by atoms with Gasteiger partial charge in [-0.1, -0.05) is 30.3 Å². The molecular weight excluding hydrogens is 338 g/mol. The SMILES string of the molecule is COCC(N)C(=O)N1CCC2C(CCCN2Cc2ccccc2)C1.Cl. The molecule has 1 aromatic carbocycles. The summed E-state index contributed by atoms with van der Waals surface area (Å²) >= 11 is 0. The van der Waals surface area contributed by atoms with E-state index >= 15 is 0 Å². The first-order chi connectivity index (χ1) is 11.7. The second-order valence-corrected chi connectivity index (χ2v) is 7.06. The van der Waals surface area contributed by atoms with Crippen LogP contribution in [0, 0.1) is 5.92 Å². The van der Waals surface area contributed by atoms with Crippen LogP contribution >= 0.6 is 12.4 Å². The van der Waals surface area contributed by atoms with E-state index in [1.165, 1.54) is 18.4 Å². The molecule has 0 aliphatic carbocycles. The summed E-state index contributed by atoms with van der Waals surface area (Å²) in [6, 6.07) is 10.7. The average molecular weight is 368 g/mol. The zero-order valence-electron chi connectivity index (χ0n) is 15.0. The Balaban J connectivity index is 0.00000225. The average Bonchev–Trinajstić information content (AvgIpc) is 2.62. The van der Waals surface area contributed by atoms with Crippen molar-refractivity contribution in [3.63, 3.8) is 0 Å². The van der Waals surface area contributed by atoms with Crippen LogP contribution in [-0.4, -0.2) is 61.1 Å². The number of carbonyl (C=O) groups excluding carboxylic acids is 1. The smallest absolute Gasteiger partial charge is 0.241 e. The van der Waals surface area contributed by atoms with Crippen molar-refractivity contribution in [3.05, 3.63) is 35.9 Å². The lowest BCUT2D eigenvalue weighted by Gasteiger charge is -2.47. The van der Waals surface area contributed by atoms with E-state index in [2.05, 4.69) is 35.2 Å². The number of hydrogen-bond donors (Lipinski definition) is 1. The van der Waals surface area contributed by atoms with Gasteiger partial charge in [0.05, 0.1) is 6.61 Å². The van der Waals surface area contributed by atoms with Crippen molar-refractivity contribution in [1.29, 1.82) is 0 Å². The Hall–Kier alpha value is -1.14. The molecule has 0 radical (unpaired) electrons. The largest absolute Gasteiger partial charge is 0.383 e. The van der Waals surface area contributed by atoms with Gasteiger partial charge >= 0.3 is 0 Å². The fourth-order valence-electron chi connectivity index (χ4n) is 4.21. The molecule has 0 spiro atoms. The number of hydrogen-bond acceptors (Lipinski definition) is 4. The number of benzene rings is 1. The fraction of sp³-hybridized carbons (Fsp3) is 0.632. The Labute approximate surface area is 156 Å². The molecule has 2 saturated heterocycles. The lowest BCUT2D eigenvalue weighted by atomic mass is 9.83. The molecule has 2 aliphatic heterocycles. The molecule has 1 amide bonds. The first-order valence-electron chi connectivity index (χ1n) is 9.00. The maximum atomic E-state index is 12.4. The van der Waals surface area contributed by atoms with Crippen LogP contribution in [0.5, 0.6) is 0 Å². The first kappa shape index (κ1) is 20.2. The van der Waals surface area contributed by atoms with Crippen LogP contribution in [0.1, 0.15) is 24.8 Å². The molecule has 140 valence electrons. The minimum absolute atomic E-state index is 0. The molecule has 25 heavy (non-hydrogen) atoms. The van der Waals surface area contributed by atoms with Crippen molar-refractivity contribution in [2.75, 3.05) is 33.4 Å². The van der Waals surface area contributed by atoms with Crippen LogP contribution in [0.4, 0.5) is 0 Å². The standard InChI is InChI=1S/C19H29N3O2.ClH/c1-24-14-17(20)19(23)22-11-9-18-16(13-22)8-5-10-21(18)12-15-6-3-2-4-7-15;/h2-4,6-7,16-18H,5,8-14,20H2,1H3;1H. The highest BCUT2D eigenvalue weighted by Gasteiger charge is 2.37. The van der Waals surface area contributed by atoms with E-state index < -0.39 is 6.04 Å². The summed E-state index contributed by atoms with van der Waals surface area (Å²) in [5, 5.41) is 0. The van der Waals surface area contributed by atoms with Crippen molar-refractivity contribution in [3.8, 4) is 0 Å². The molecule has 0 bridgehead atoms. The molecule has 3 rings (SSSR count). The first-order valence-corrected chi connectivity index (χ1v) is 9.00. The monoisotopic (exact) mass is 367 g/mol. The number of methoxy groups -OCH3 is 1. The number of piperidine rings is 2. The van der Waals surface area contributed by atoms with Crippen LogP contribution < -0.4 is 5.73 Å². The predicted octanol–water partition coefficient (Wildman–Crippen LogP) is 1.90. The van der Waals surface area contributed by atoms with E-state index in [-0.39, 0.29) is 18.3 Å². The van der Waals surface area contributed by atoms with E-state index in [4.69, 9.17) is 10.5 Å². The summed E-state index contributed by atoms with van der Waals surface area (Å²) in [5.74, 6) is 0.602. The molecule has 5 nitrogen and oxygen atoms in total. The van der Waals surface area contributed by atoms with Crippen LogP contribution in [0.3, 0.4) is 0 Å².